The minimum absolute atomic E-state index is 0. The summed E-state index contributed by atoms with van der Waals surface area (Å²) < 4.78 is 29.2. The Balaban J connectivity index is 0.000000153. The topological polar surface area (TPSA) is 70.7 Å². The maximum absolute atomic E-state index is 4.43. The van der Waals surface area contributed by atoms with Gasteiger partial charge in [-0.05, 0) is 171 Å². The van der Waals surface area contributed by atoms with Crippen molar-refractivity contribution in [1.29, 1.82) is 0 Å². The predicted molar refractivity (Wildman–Crippen MR) is 542 cm³/mol. The van der Waals surface area contributed by atoms with Crippen LogP contribution in [-0.4, -0.2) is 37.0 Å². The summed E-state index contributed by atoms with van der Waals surface area (Å²) in [5.41, 5.74) is 32.5. The average molecular weight is 1730 g/mol. The Bertz CT molecular complexity index is 6710. The minimum atomic E-state index is 0. The van der Waals surface area contributed by atoms with E-state index in [1.807, 2.05) is 61.5 Å². The Kier molecular flexibility index (Phi) is 32.1. The highest BCUT2D eigenvalue weighted by Crippen LogP contribution is 2.41. The molecule has 0 spiro atoms. The van der Waals surface area contributed by atoms with E-state index < -0.39 is 0 Å². The summed E-state index contributed by atoms with van der Waals surface area (Å²) in [7, 11) is 18.9. The van der Waals surface area contributed by atoms with Gasteiger partial charge in [0.15, 0.2) is 34.5 Å². The summed E-state index contributed by atoms with van der Waals surface area (Å²) in [6, 6.07) is 92.9. The molecule has 0 N–H and O–H groups in total. The van der Waals surface area contributed by atoms with Gasteiger partial charge in [-0.15, -0.1) is 0 Å². The highest BCUT2D eigenvalue weighted by atomic mass is 15.2. The van der Waals surface area contributed by atoms with E-state index in [4.69, 9.17) is 0 Å². The van der Waals surface area contributed by atoms with Crippen LogP contribution in [0.5, 0.6) is 0 Å². The van der Waals surface area contributed by atoms with Crippen molar-refractivity contribution in [3.63, 3.8) is 0 Å². The summed E-state index contributed by atoms with van der Waals surface area (Å²) in [5.74, 6) is 8.41. The Morgan fingerprint density at radius 2 is 0.669 bits per heavy atom. The highest BCUT2D eigenvalue weighted by Gasteiger charge is 2.35. The second-order valence-electron chi connectivity index (χ2n) is 36.0. The average Bonchev–Trinajstić information content (AvgIpc) is 1.56. The molecule has 0 fully saturated rings. The number of pyridine rings is 2. The lowest BCUT2D eigenvalue weighted by molar-refractivity contribution is -0.660. The first kappa shape index (κ1) is 97.0. The summed E-state index contributed by atoms with van der Waals surface area (Å²) >= 11 is 0. The van der Waals surface area contributed by atoms with E-state index in [1.54, 1.807) is 0 Å². The molecule has 0 atom stereocenters. The number of hydrogen-bond donors (Lipinski definition) is 0. The van der Waals surface area contributed by atoms with Gasteiger partial charge >= 0.3 is 17.5 Å². The van der Waals surface area contributed by atoms with Crippen LogP contribution in [0.4, 0.5) is 0 Å². The lowest BCUT2D eigenvalue weighted by Gasteiger charge is -2.18. The molecule has 9 aromatic heterocycles. The van der Waals surface area contributed by atoms with Crippen molar-refractivity contribution in [2.75, 3.05) is 0 Å². The van der Waals surface area contributed by atoms with Crippen molar-refractivity contribution in [2.45, 2.75) is 161 Å². The smallest absolute Gasteiger partial charge is 0.330 e. The van der Waals surface area contributed by atoms with Gasteiger partial charge in [-0.2, -0.15) is 18.3 Å². The molecule has 0 amide bonds. The number of benzene rings is 9. The molecule has 0 unspecified atom stereocenters. The van der Waals surface area contributed by atoms with Crippen molar-refractivity contribution in [3.05, 3.63) is 378 Å². The SMILES string of the molecule is C.C.CC(C)c1cccc(C(C)C)c1-n1c(-c2cccn2C)[n+](C)c2ccccc21.CC(C)c1cccc(C(C)C)c1-n1cc[n+](C)c1-c1cccn1C.Cc1ccc(-c2ccccc2C)[n+](C)c1.Cc1ccccc1-c1cccc[n+]1C.Cc1ccccc1-c1n(-c2c(C(C)C)cccc2C(C)C)c2ccccc2[n+]1C.Cn1ccnc1-c1n(-c2ccccc2)cc[n+]1C. The van der Waals surface area contributed by atoms with Crippen LogP contribution in [0, 0.1) is 27.7 Å². The molecule has 0 aliphatic heterocycles. The molecular formula is C116H142N14+6. The van der Waals surface area contributed by atoms with E-state index in [1.165, 1.54) is 152 Å². The van der Waals surface area contributed by atoms with E-state index in [0.717, 1.165) is 17.3 Å². The van der Waals surface area contributed by atoms with Crippen LogP contribution in [0.15, 0.2) is 323 Å². The fraction of sp³-hybridized carbons (Fsp3) is 0.284. The number of hydrogen-bond acceptors (Lipinski definition) is 1. The standard InChI is InChI=1S/C27H31N2.C25H30N3.C21H28N3.C14H15N4.C14H16N.C13H14N.2CH4/c1-18(2)21-14-11-15-22(19(3)4)26(21)29-25-17-10-9-16-24(25)28(6)27(29)23-13-8-7-12-20(23)5;1-17(2)19-11-9-12-20(18(3)4)24(19)28-22-14-8-7-13-21(22)27(6)25(28)23-15-10-16-26(23)5;1-15(2)17-9-7-10-18(16(3)4)20(17)24-14-13-23(6)21(24)19-11-8-12-22(19)5;1-16-9-8-15-13(16)14-17(2)10-11-18(14)12-6-4-3-5-7-12;1-11-8-9-14(15(3)10-11)13-7-5-4-6-12(13)2;1-11-7-3-4-8-12(11)13-9-5-6-10-14(13)2;;/h7-19H,1-6H3;7-18H,1-6H3;7-16H,1-6H3;3-11H,1-2H3;4-10H,1-3H3;3-10H,1-2H3;2*1H4/q6*+1;;. The number of rotatable bonds is 16. The predicted octanol–water partition coefficient (Wildman–Crippen LogP) is 25.2. The van der Waals surface area contributed by atoms with Crippen molar-refractivity contribution in [2.24, 2.45) is 63.4 Å². The van der Waals surface area contributed by atoms with Crippen LogP contribution < -0.4 is 27.4 Å². The van der Waals surface area contributed by atoms with Crippen molar-refractivity contribution in [3.8, 4) is 91.3 Å². The normalized spacial score (nSPS) is 11.1. The van der Waals surface area contributed by atoms with Crippen LogP contribution in [-0.2, 0) is 63.4 Å². The number of nitrogens with zero attached hydrogens (tertiary/aromatic N) is 14. The van der Waals surface area contributed by atoms with Gasteiger partial charge in [-0.25, -0.2) is 32.4 Å². The molecule has 14 nitrogen and oxygen atoms in total. The Morgan fingerprint density at radius 1 is 0.285 bits per heavy atom. The molecule has 0 bridgehead atoms. The van der Waals surface area contributed by atoms with E-state index in [2.05, 4.69) is 500 Å². The Labute approximate surface area is 775 Å². The van der Waals surface area contributed by atoms with E-state index >= 15 is 0 Å². The molecular weight excluding hydrogens is 1590 g/mol. The van der Waals surface area contributed by atoms with E-state index in [-0.39, 0.29) is 14.9 Å². The third kappa shape index (κ3) is 20.6. The molecule has 18 aromatic rings. The third-order valence-electron chi connectivity index (χ3n) is 24.7. The number of aromatic nitrogens is 14. The number of imidazole rings is 5. The summed E-state index contributed by atoms with van der Waals surface area (Å²) in [4.78, 5) is 4.43. The number of aryl methyl sites for hydroxylation is 13. The zero-order chi connectivity index (χ0) is 91.5. The highest BCUT2D eigenvalue weighted by molar-refractivity contribution is 5.82. The quantitative estimate of drug-likeness (QED) is 0.0889. The fourth-order valence-electron chi connectivity index (χ4n) is 17.8. The van der Waals surface area contributed by atoms with Crippen molar-refractivity contribution < 1.29 is 27.4 Å². The van der Waals surface area contributed by atoms with Crippen LogP contribution in [0.1, 0.15) is 189 Å². The lowest BCUT2D eigenvalue weighted by atomic mass is 9.92. The largest absolute Gasteiger partial charge is 0.344 e. The molecule has 0 aliphatic carbocycles. The number of fused-ring (bicyclic) bond motifs is 2. The summed E-state index contributed by atoms with van der Waals surface area (Å²) in [6.45, 7) is 36.0. The van der Waals surface area contributed by atoms with Crippen LogP contribution in [0.25, 0.3) is 113 Å². The van der Waals surface area contributed by atoms with Gasteiger partial charge in [0.1, 0.15) is 73.0 Å². The molecule has 0 saturated carbocycles. The molecule has 18 rings (SSSR count). The number of para-hydroxylation sites is 8. The van der Waals surface area contributed by atoms with Gasteiger partial charge in [-0.1, -0.05) is 250 Å². The van der Waals surface area contributed by atoms with Crippen molar-refractivity contribution in [1.82, 2.24) is 37.0 Å². The van der Waals surface area contributed by atoms with Gasteiger partial charge in [0.2, 0.25) is 17.2 Å². The van der Waals surface area contributed by atoms with E-state index in [9.17, 15) is 0 Å². The zero-order valence-corrected chi connectivity index (χ0v) is 80.3. The van der Waals surface area contributed by atoms with Gasteiger partial charge < -0.3 is 13.7 Å². The molecule has 9 aromatic carbocycles. The van der Waals surface area contributed by atoms with Crippen LogP contribution in [0.2, 0.25) is 0 Å². The molecule has 0 aliphatic rings. The summed E-state index contributed by atoms with van der Waals surface area (Å²) in [5, 5.41) is 0. The van der Waals surface area contributed by atoms with Gasteiger partial charge in [0, 0.05) is 114 Å². The maximum atomic E-state index is 4.43. The summed E-state index contributed by atoms with van der Waals surface area (Å²) in [6.07, 6.45) is 20.6. The molecule has 0 radical (unpaired) electrons. The van der Waals surface area contributed by atoms with Gasteiger partial charge in [0.05, 0.1) is 33.8 Å². The third-order valence-corrected chi connectivity index (χ3v) is 24.7. The fourth-order valence-corrected chi connectivity index (χ4v) is 17.8. The minimum Gasteiger partial charge on any atom is -0.344 e. The second-order valence-corrected chi connectivity index (χ2v) is 36.0. The lowest BCUT2D eigenvalue weighted by Crippen LogP contribution is -2.31. The van der Waals surface area contributed by atoms with Gasteiger partial charge in [-0.3, -0.25) is 0 Å². The van der Waals surface area contributed by atoms with Crippen LogP contribution >= 0.6 is 0 Å². The van der Waals surface area contributed by atoms with Gasteiger partial charge in [0.25, 0.3) is 5.82 Å². The maximum Gasteiger partial charge on any atom is 0.330 e. The molecule has 0 saturated heterocycles. The molecule has 9 heterocycles. The molecule has 670 valence electrons. The van der Waals surface area contributed by atoms with Crippen molar-refractivity contribution >= 4 is 22.1 Å². The Hall–Kier alpha value is -13.6. The monoisotopic (exact) mass is 1730 g/mol. The second kappa shape index (κ2) is 43.0. The van der Waals surface area contributed by atoms with E-state index in [0.29, 0.717) is 35.5 Å². The molecule has 14 heteroatoms. The first-order valence-electron chi connectivity index (χ1n) is 45.4. The first-order chi connectivity index (χ1) is 61.5. The first-order valence-corrected chi connectivity index (χ1v) is 45.4. The molecule has 130 heavy (non-hydrogen) atoms. The Morgan fingerprint density at radius 3 is 1.09 bits per heavy atom. The zero-order valence-electron chi connectivity index (χ0n) is 80.3. The van der Waals surface area contributed by atoms with Crippen LogP contribution in [0.3, 0.4) is 0 Å².